The number of benzene rings is 2. The fourth-order valence-corrected chi connectivity index (χ4v) is 3.06. The van der Waals surface area contributed by atoms with Gasteiger partial charge in [0.05, 0.1) is 12.2 Å². The number of likely N-dealkylation sites (N-methyl/N-ethyl adjacent to an activating group) is 1. The Morgan fingerprint density at radius 1 is 1.12 bits per heavy atom. The van der Waals surface area contributed by atoms with Gasteiger partial charge in [0, 0.05) is 24.3 Å². The molecule has 3 rings (SSSR count). The number of nitrogens with one attached hydrogen (secondary N) is 4. The number of hydrogen-bond donors (Lipinski definition) is 6. The van der Waals surface area contributed by atoms with E-state index in [-0.39, 0.29) is 34.8 Å². The molecule has 9 nitrogen and oxygen atoms in total. The SMILES string of the molecule is CNCCNc1ccc(-c2ccc(NC(=O)CN)cc2)c(F)c1Nc1ncnc(Cl)c1N. The highest BCUT2D eigenvalue weighted by Gasteiger charge is 2.17. The number of aromatic nitrogens is 2. The number of nitrogen functional groups attached to an aromatic ring is 1. The van der Waals surface area contributed by atoms with Gasteiger partial charge in [0.15, 0.2) is 16.8 Å². The first-order chi connectivity index (χ1) is 15.4. The number of nitrogens with two attached hydrogens (primary N) is 2. The summed E-state index contributed by atoms with van der Waals surface area (Å²) < 4.78 is 15.7. The summed E-state index contributed by atoms with van der Waals surface area (Å²) in [5, 5.41) is 11.9. The van der Waals surface area contributed by atoms with Crippen LogP contribution in [0.15, 0.2) is 42.7 Å². The Kier molecular flexibility index (Phi) is 7.77. The molecular weight excluding hydrogens is 435 g/mol. The molecule has 8 N–H and O–H groups in total. The van der Waals surface area contributed by atoms with Crippen molar-refractivity contribution in [1.82, 2.24) is 15.3 Å². The van der Waals surface area contributed by atoms with Crippen molar-refractivity contribution in [2.45, 2.75) is 0 Å². The molecule has 32 heavy (non-hydrogen) atoms. The minimum atomic E-state index is -0.507. The third-order valence-electron chi connectivity index (χ3n) is 4.58. The van der Waals surface area contributed by atoms with Gasteiger partial charge >= 0.3 is 0 Å². The second-order valence-corrected chi connectivity index (χ2v) is 7.12. The van der Waals surface area contributed by atoms with E-state index in [1.807, 2.05) is 7.05 Å². The van der Waals surface area contributed by atoms with Crippen molar-refractivity contribution >= 4 is 46.1 Å². The number of nitrogens with zero attached hydrogens (tertiary/aromatic N) is 2. The summed E-state index contributed by atoms with van der Waals surface area (Å²) in [4.78, 5) is 19.4. The number of amides is 1. The van der Waals surface area contributed by atoms with Crippen LogP contribution < -0.4 is 32.7 Å². The molecule has 0 unspecified atom stereocenters. The zero-order chi connectivity index (χ0) is 23.1. The second-order valence-electron chi connectivity index (χ2n) is 6.76. The van der Waals surface area contributed by atoms with Gasteiger partial charge in [-0.2, -0.15) is 0 Å². The van der Waals surface area contributed by atoms with Gasteiger partial charge in [-0.15, -0.1) is 0 Å². The van der Waals surface area contributed by atoms with Crippen LogP contribution in [0.5, 0.6) is 0 Å². The van der Waals surface area contributed by atoms with E-state index in [2.05, 4.69) is 31.2 Å². The Morgan fingerprint density at radius 2 is 1.88 bits per heavy atom. The monoisotopic (exact) mass is 458 g/mol. The molecule has 0 aliphatic rings. The van der Waals surface area contributed by atoms with Crippen LogP contribution >= 0.6 is 11.6 Å². The number of carbonyl (C=O) groups is 1. The third kappa shape index (κ3) is 5.41. The lowest BCUT2D eigenvalue weighted by atomic mass is 10.0. The largest absolute Gasteiger partial charge is 0.393 e. The maximum absolute atomic E-state index is 15.7. The Morgan fingerprint density at radius 3 is 2.56 bits per heavy atom. The van der Waals surface area contributed by atoms with E-state index >= 15 is 4.39 Å². The molecule has 0 radical (unpaired) electrons. The highest BCUT2D eigenvalue weighted by Crippen LogP contribution is 2.37. The standard InChI is InChI=1S/C21H24ClFN8O/c1-26-8-9-27-15-7-6-14(12-2-4-13(5-3-12)30-16(32)10-24)17(23)19(15)31-21-18(25)20(22)28-11-29-21/h2-7,11,26-27H,8-10,24-25H2,1H3,(H,30,32)(H,28,29,31). The summed E-state index contributed by atoms with van der Waals surface area (Å²) in [7, 11) is 1.83. The van der Waals surface area contributed by atoms with Gasteiger partial charge in [-0.1, -0.05) is 23.7 Å². The smallest absolute Gasteiger partial charge is 0.238 e. The van der Waals surface area contributed by atoms with Crippen molar-refractivity contribution in [1.29, 1.82) is 0 Å². The Hall–Kier alpha value is -3.47. The Labute approximate surface area is 189 Å². The number of rotatable bonds is 9. The van der Waals surface area contributed by atoms with Crippen molar-refractivity contribution in [3.05, 3.63) is 53.7 Å². The first-order valence-electron chi connectivity index (χ1n) is 9.79. The average molecular weight is 459 g/mol. The molecule has 0 spiro atoms. The van der Waals surface area contributed by atoms with E-state index in [9.17, 15) is 4.79 Å². The second kappa shape index (κ2) is 10.7. The summed E-state index contributed by atoms with van der Waals surface area (Å²) in [6.45, 7) is 1.13. The molecule has 168 valence electrons. The van der Waals surface area contributed by atoms with Gasteiger partial charge in [-0.05, 0) is 36.9 Å². The fourth-order valence-electron chi connectivity index (χ4n) is 2.93. The molecule has 1 heterocycles. The topological polar surface area (TPSA) is 143 Å². The normalized spacial score (nSPS) is 10.6. The summed E-state index contributed by atoms with van der Waals surface area (Å²) >= 11 is 5.98. The van der Waals surface area contributed by atoms with Crippen LogP contribution in [0.3, 0.4) is 0 Å². The van der Waals surface area contributed by atoms with Gasteiger partial charge in [0.25, 0.3) is 0 Å². The van der Waals surface area contributed by atoms with Crippen LogP contribution in [0.2, 0.25) is 5.15 Å². The van der Waals surface area contributed by atoms with Crippen LogP contribution in [0.4, 0.5) is 33.0 Å². The third-order valence-corrected chi connectivity index (χ3v) is 4.88. The zero-order valence-corrected chi connectivity index (χ0v) is 18.1. The van der Waals surface area contributed by atoms with E-state index < -0.39 is 5.82 Å². The van der Waals surface area contributed by atoms with Crippen LogP contribution in [0.1, 0.15) is 0 Å². The maximum Gasteiger partial charge on any atom is 0.238 e. The number of anilines is 5. The molecular formula is C21H24ClFN8O. The Balaban J connectivity index is 1.98. The molecule has 0 bridgehead atoms. The summed E-state index contributed by atoms with van der Waals surface area (Å²) in [6.07, 6.45) is 1.24. The van der Waals surface area contributed by atoms with Gasteiger partial charge in [-0.25, -0.2) is 14.4 Å². The lowest BCUT2D eigenvalue weighted by Gasteiger charge is -2.18. The predicted octanol–water partition coefficient (Wildman–Crippen LogP) is 2.79. The number of hydrogen-bond acceptors (Lipinski definition) is 8. The number of carbonyl (C=O) groups excluding carboxylic acids is 1. The molecule has 2 aromatic carbocycles. The quantitative estimate of drug-likeness (QED) is 0.212. The van der Waals surface area contributed by atoms with Crippen molar-refractivity contribution in [2.24, 2.45) is 5.73 Å². The highest BCUT2D eigenvalue weighted by atomic mass is 35.5. The maximum atomic E-state index is 15.7. The van der Waals surface area contributed by atoms with Gasteiger partial charge in [-0.3, -0.25) is 4.79 Å². The first kappa shape index (κ1) is 23.2. The van der Waals surface area contributed by atoms with Gasteiger partial charge < -0.3 is 32.7 Å². The van der Waals surface area contributed by atoms with Crippen LogP contribution in [0.25, 0.3) is 11.1 Å². The van der Waals surface area contributed by atoms with Crippen molar-refractivity contribution in [3.8, 4) is 11.1 Å². The first-order valence-corrected chi connectivity index (χ1v) is 10.2. The Bertz CT molecular complexity index is 1090. The highest BCUT2D eigenvalue weighted by molar-refractivity contribution is 6.32. The molecule has 11 heteroatoms. The van der Waals surface area contributed by atoms with Crippen LogP contribution in [-0.4, -0.2) is 42.6 Å². The number of halogens is 2. The molecule has 0 saturated heterocycles. The van der Waals surface area contributed by atoms with Crippen molar-refractivity contribution < 1.29 is 9.18 Å². The van der Waals surface area contributed by atoms with Crippen LogP contribution in [-0.2, 0) is 4.79 Å². The lowest BCUT2D eigenvalue weighted by molar-refractivity contribution is -0.114. The van der Waals surface area contributed by atoms with Crippen LogP contribution in [0, 0.1) is 5.82 Å². The van der Waals surface area contributed by atoms with Crippen molar-refractivity contribution in [3.63, 3.8) is 0 Å². The fraction of sp³-hybridized carbons (Fsp3) is 0.190. The molecule has 0 saturated carbocycles. The minimum Gasteiger partial charge on any atom is -0.393 e. The average Bonchev–Trinajstić information content (AvgIpc) is 2.79. The van der Waals surface area contributed by atoms with E-state index in [0.717, 1.165) is 0 Å². The predicted molar refractivity (Wildman–Crippen MR) is 127 cm³/mol. The molecule has 0 aliphatic heterocycles. The zero-order valence-electron chi connectivity index (χ0n) is 17.4. The van der Waals surface area contributed by atoms with E-state index in [0.29, 0.717) is 35.6 Å². The summed E-state index contributed by atoms with van der Waals surface area (Å²) in [5.74, 6) is -0.626. The molecule has 0 aliphatic carbocycles. The molecule has 1 amide bonds. The van der Waals surface area contributed by atoms with Crippen molar-refractivity contribution in [2.75, 3.05) is 48.4 Å². The van der Waals surface area contributed by atoms with E-state index in [1.165, 1.54) is 6.33 Å². The van der Waals surface area contributed by atoms with Gasteiger partial charge in [0.2, 0.25) is 5.91 Å². The van der Waals surface area contributed by atoms with E-state index in [4.69, 9.17) is 23.1 Å². The minimum absolute atomic E-state index is 0.0684. The molecule has 1 aromatic heterocycles. The molecule has 0 fully saturated rings. The van der Waals surface area contributed by atoms with Gasteiger partial charge in [0.1, 0.15) is 17.7 Å². The molecule has 3 aromatic rings. The summed E-state index contributed by atoms with van der Waals surface area (Å²) in [5.41, 5.74) is 13.6. The van der Waals surface area contributed by atoms with E-state index in [1.54, 1.807) is 36.4 Å². The summed E-state index contributed by atoms with van der Waals surface area (Å²) in [6, 6.07) is 10.2. The lowest BCUT2D eigenvalue weighted by Crippen LogP contribution is -2.21. The molecule has 0 atom stereocenters.